The molecule has 0 fully saturated rings. The van der Waals surface area contributed by atoms with Crippen LogP contribution in [0.4, 0.5) is 11.4 Å². The largest absolute Gasteiger partial charge is 0.497 e. The molecule has 0 saturated carbocycles. The number of ether oxygens (including phenoxy) is 2. The lowest BCUT2D eigenvalue weighted by molar-refractivity contribution is -0.116. The summed E-state index contributed by atoms with van der Waals surface area (Å²) in [5.41, 5.74) is 4.44. The Morgan fingerprint density at radius 3 is 2.31 bits per heavy atom. The molecule has 3 amide bonds. The van der Waals surface area contributed by atoms with Crippen molar-refractivity contribution in [3.05, 3.63) is 119 Å². The van der Waals surface area contributed by atoms with E-state index in [4.69, 9.17) is 9.47 Å². The number of methoxy groups -OCH3 is 2. The van der Waals surface area contributed by atoms with Crippen molar-refractivity contribution < 1.29 is 23.9 Å². The number of hydrogen-bond donors (Lipinski definition) is 3. The molecule has 4 aromatic carbocycles. The van der Waals surface area contributed by atoms with E-state index in [0.29, 0.717) is 34.7 Å². The molecule has 9 heteroatoms. The number of rotatable bonds is 12. The smallest absolute Gasteiger partial charge is 0.272 e. The van der Waals surface area contributed by atoms with Gasteiger partial charge in [0.1, 0.15) is 17.2 Å². The molecule has 1 unspecified atom stereocenters. The molecule has 0 spiro atoms. The van der Waals surface area contributed by atoms with Crippen LogP contribution in [0.2, 0.25) is 0 Å². The normalized spacial score (nSPS) is 11.7. The first kappa shape index (κ1) is 32.9. The fourth-order valence-corrected chi connectivity index (χ4v) is 5.48. The lowest BCUT2D eigenvalue weighted by Gasteiger charge is -2.17. The number of aryl methyl sites for hydroxylation is 1. The van der Waals surface area contributed by atoms with E-state index in [1.165, 1.54) is 18.9 Å². The molecule has 0 aromatic heterocycles. The maximum atomic E-state index is 13.6. The summed E-state index contributed by atoms with van der Waals surface area (Å²) in [6.07, 6.45) is 2.16. The van der Waals surface area contributed by atoms with Gasteiger partial charge in [0.15, 0.2) is 0 Å². The Kier molecular flexibility index (Phi) is 11.4. The van der Waals surface area contributed by atoms with Crippen molar-refractivity contribution in [3.8, 4) is 11.5 Å². The van der Waals surface area contributed by atoms with Gasteiger partial charge >= 0.3 is 0 Å². The predicted molar refractivity (Wildman–Crippen MR) is 181 cm³/mol. The molecule has 0 saturated heterocycles. The Bertz CT molecular complexity index is 1700. The standard InChI is InChI=1S/C36H37N3O5S/c1-6-33(36(42)38-30-17-10-12-23(2)24(30)3)45-29-16-11-15-27(21-29)37-35(41)31(39-34(40)25-13-8-7-9-14-25)20-26-18-19-28(43-4)22-32(26)44-5/h7-22,33H,6H2,1-5H3,(H,37,41)(H,38,42)(H,39,40)/b31-20+. The second-order valence-electron chi connectivity index (χ2n) is 10.2. The van der Waals surface area contributed by atoms with Gasteiger partial charge in [-0.2, -0.15) is 0 Å². The third-order valence-electron chi connectivity index (χ3n) is 7.17. The first-order chi connectivity index (χ1) is 21.7. The van der Waals surface area contributed by atoms with E-state index in [1.807, 2.05) is 57.2 Å². The fraction of sp³-hybridized carbons (Fsp3) is 0.194. The minimum Gasteiger partial charge on any atom is -0.497 e. The van der Waals surface area contributed by atoms with Crippen molar-refractivity contribution in [2.45, 2.75) is 37.3 Å². The lowest BCUT2D eigenvalue weighted by atomic mass is 10.1. The molecular formula is C36H37N3O5S. The molecule has 0 aliphatic carbocycles. The quantitative estimate of drug-likeness (QED) is 0.114. The summed E-state index contributed by atoms with van der Waals surface area (Å²) in [4.78, 5) is 40.7. The van der Waals surface area contributed by atoms with Crippen LogP contribution in [0.1, 0.15) is 40.4 Å². The zero-order valence-corrected chi connectivity index (χ0v) is 26.8. The summed E-state index contributed by atoms with van der Waals surface area (Å²) in [6.45, 7) is 5.96. The average molecular weight is 624 g/mol. The van der Waals surface area contributed by atoms with Gasteiger partial charge in [-0.25, -0.2) is 0 Å². The van der Waals surface area contributed by atoms with Crippen molar-refractivity contribution in [1.29, 1.82) is 0 Å². The first-order valence-electron chi connectivity index (χ1n) is 14.5. The van der Waals surface area contributed by atoms with E-state index in [0.717, 1.165) is 21.7 Å². The van der Waals surface area contributed by atoms with Crippen LogP contribution >= 0.6 is 11.8 Å². The van der Waals surface area contributed by atoms with E-state index in [-0.39, 0.29) is 16.9 Å². The summed E-state index contributed by atoms with van der Waals surface area (Å²) < 4.78 is 10.8. The van der Waals surface area contributed by atoms with Gasteiger partial charge in [-0.05, 0) is 86.0 Å². The number of thioether (sulfide) groups is 1. The Morgan fingerprint density at radius 2 is 1.60 bits per heavy atom. The van der Waals surface area contributed by atoms with Crippen molar-refractivity contribution in [2.24, 2.45) is 0 Å². The van der Waals surface area contributed by atoms with Crippen LogP contribution in [-0.2, 0) is 9.59 Å². The summed E-state index contributed by atoms with van der Waals surface area (Å²) in [5, 5.41) is 8.35. The van der Waals surface area contributed by atoms with Gasteiger partial charge in [0.25, 0.3) is 11.8 Å². The van der Waals surface area contributed by atoms with Gasteiger partial charge in [0.05, 0.1) is 19.5 Å². The van der Waals surface area contributed by atoms with Gasteiger partial charge in [-0.1, -0.05) is 43.3 Å². The molecule has 4 rings (SSSR count). The molecule has 0 aliphatic rings. The Labute approximate surface area is 268 Å². The van der Waals surface area contributed by atoms with Crippen LogP contribution in [-0.4, -0.2) is 37.2 Å². The molecular weight excluding hydrogens is 586 g/mol. The number of amides is 3. The summed E-state index contributed by atoms with van der Waals surface area (Å²) in [5.74, 6) is 0.00355. The van der Waals surface area contributed by atoms with Crippen LogP contribution in [0, 0.1) is 13.8 Å². The second kappa shape index (κ2) is 15.6. The molecule has 0 aliphatic heterocycles. The minimum atomic E-state index is -0.529. The van der Waals surface area contributed by atoms with Crippen molar-refractivity contribution in [2.75, 3.05) is 24.9 Å². The van der Waals surface area contributed by atoms with E-state index < -0.39 is 11.8 Å². The minimum absolute atomic E-state index is 0.0183. The van der Waals surface area contributed by atoms with E-state index in [9.17, 15) is 14.4 Å². The van der Waals surface area contributed by atoms with E-state index in [2.05, 4.69) is 16.0 Å². The highest BCUT2D eigenvalue weighted by Crippen LogP contribution is 2.30. The maximum absolute atomic E-state index is 13.6. The summed E-state index contributed by atoms with van der Waals surface area (Å²) >= 11 is 1.42. The lowest BCUT2D eigenvalue weighted by Crippen LogP contribution is -2.30. The molecule has 1 atom stereocenters. The van der Waals surface area contributed by atoms with Crippen LogP contribution in [0.5, 0.6) is 11.5 Å². The van der Waals surface area contributed by atoms with Crippen molar-refractivity contribution in [1.82, 2.24) is 5.32 Å². The van der Waals surface area contributed by atoms with Crippen molar-refractivity contribution >= 4 is 46.9 Å². The highest BCUT2D eigenvalue weighted by Gasteiger charge is 2.20. The molecule has 3 N–H and O–H groups in total. The Morgan fingerprint density at radius 1 is 0.844 bits per heavy atom. The molecule has 8 nitrogen and oxygen atoms in total. The highest BCUT2D eigenvalue weighted by molar-refractivity contribution is 8.00. The Hall–Kier alpha value is -5.02. The Balaban J connectivity index is 1.55. The number of nitrogens with one attached hydrogen (secondary N) is 3. The molecule has 4 aromatic rings. The van der Waals surface area contributed by atoms with E-state index >= 15 is 0 Å². The van der Waals surface area contributed by atoms with Gasteiger partial charge in [0, 0.05) is 33.5 Å². The molecule has 232 valence electrons. The van der Waals surface area contributed by atoms with Gasteiger partial charge in [-0.15, -0.1) is 11.8 Å². The number of carbonyl (C=O) groups is 3. The third-order valence-corrected chi connectivity index (χ3v) is 8.52. The zero-order valence-electron chi connectivity index (χ0n) is 26.0. The van der Waals surface area contributed by atoms with Crippen LogP contribution in [0.15, 0.2) is 102 Å². The number of hydrogen-bond acceptors (Lipinski definition) is 6. The number of benzene rings is 4. The number of anilines is 2. The zero-order chi connectivity index (χ0) is 32.3. The second-order valence-corrected chi connectivity index (χ2v) is 11.5. The van der Waals surface area contributed by atoms with Crippen LogP contribution in [0.3, 0.4) is 0 Å². The first-order valence-corrected chi connectivity index (χ1v) is 15.4. The maximum Gasteiger partial charge on any atom is 0.272 e. The molecule has 45 heavy (non-hydrogen) atoms. The number of carbonyl (C=O) groups excluding carboxylic acids is 3. The fourth-order valence-electron chi connectivity index (χ4n) is 4.47. The predicted octanol–water partition coefficient (Wildman–Crippen LogP) is 7.24. The van der Waals surface area contributed by atoms with Gasteiger partial charge < -0.3 is 25.4 Å². The third kappa shape index (κ3) is 8.77. The molecule has 0 radical (unpaired) electrons. The van der Waals surface area contributed by atoms with Gasteiger partial charge in [0.2, 0.25) is 5.91 Å². The molecule has 0 heterocycles. The van der Waals surface area contributed by atoms with Crippen LogP contribution in [0.25, 0.3) is 6.08 Å². The van der Waals surface area contributed by atoms with E-state index in [1.54, 1.807) is 67.8 Å². The topological polar surface area (TPSA) is 106 Å². The van der Waals surface area contributed by atoms with Gasteiger partial charge in [-0.3, -0.25) is 14.4 Å². The van der Waals surface area contributed by atoms with Crippen LogP contribution < -0.4 is 25.4 Å². The summed E-state index contributed by atoms with van der Waals surface area (Å²) in [7, 11) is 3.07. The molecule has 0 bridgehead atoms. The average Bonchev–Trinajstić information content (AvgIpc) is 3.06. The van der Waals surface area contributed by atoms with Crippen molar-refractivity contribution in [3.63, 3.8) is 0 Å². The summed E-state index contributed by atoms with van der Waals surface area (Å²) in [6, 6.07) is 26.9. The highest BCUT2D eigenvalue weighted by atomic mass is 32.2. The monoisotopic (exact) mass is 623 g/mol. The SMILES string of the molecule is CCC(Sc1cccc(NC(=O)/C(=C\c2ccc(OC)cc2OC)NC(=O)c2ccccc2)c1)C(=O)Nc1cccc(C)c1C.